The Morgan fingerprint density at radius 2 is 2.40 bits per heavy atom. The van der Waals surface area contributed by atoms with Gasteiger partial charge in [0.05, 0.1) is 12.0 Å². The van der Waals surface area contributed by atoms with Crippen molar-refractivity contribution >= 4 is 5.82 Å². The van der Waals surface area contributed by atoms with E-state index >= 15 is 0 Å². The van der Waals surface area contributed by atoms with Crippen LogP contribution in [0.3, 0.4) is 0 Å². The summed E-state index contributed by atoms with van der Waals surface area (Å²) in [5.41, 5.74) is 6.69. The fourth-order valence-electron chi connectivity index (χ4n) is 1.11. The summed E-state index contributed by atoms with van der Waals surface area (Å²) in [4.78, 5) is 4.12. The maximum Gasteiger partial charge on any atom is 0.126 e. The van der Waals surface area contributed by atoms with Crippen molar-refractivity contribution in [1.29, 1.82) is 0 Å². The zero-order chi connectivity index (χ0) is 7.14. The highest BCUT2D eigenvalue weighted by Crippen LogP contribution is 2.36. The Kier molecular flexibility index (Phi) is 1.01. The van der Waals surface area contributed by atoms with Crippen molar-refractivity contribution in [3.05, 3.63) is 12.0 Å². The molecule has 0 aromatic carbocycles. The molecule has 0 atom stereocenters. The van der Waals surface area contributed by atoms with Crippen LogP contribution in [0.15, 0.2) is 6.33 Å². The molecule has 0 saturated heterocycles. The molecule has 0 radical (unpaired) electrons. The van der Waals surface area contributed by atoms with Crippen LogP contribution in [-0.2, 0) is 0 Å². The summed E-state index contributed by atoms with van der Waals surface area (Å²) in [5, 5.41) is 0. The first kappa shape index (κ1) is 5.77. The topological polar surface area (TPSA) is 43.8 Å². The van der Waals surface area contributed by atoms with Crippen LogP contribution in [0, 0.1) is 6.92 Å². The first-order valence-corrected chi connectivity index (χ1v) is 3.58. The molecule has 1 aromatic heterocycles. The van der Waals surface area contributed by atoms with Gasteiger partial charge in [0, 0.05) is 6.04 Å². The monoisotopic (exact) mass is 137 g/mol. The van der Waals surface area contributed by atoms with Gasteiger partial charge in [-0.1, -0.05) is 0 Å². The molecule has 1 aliphatic rings. The predicted octanol–water partition coefficient (Wildman–Crippen LogP) is 1.11. The van der Waals surface area contributed by atoms with Gasteiger partial charge in [-0.15, -0.1) is 0 Å². The molecule has 0 aliphatic heterocycles. The van der Waals surface area contributed by atoms with Crippen molar-refractivity contribution in [1.82, 2.24) is 9.55 Å². The quantitative estimate of drug-likeness (QED) is 0.630. The van der Waals surface area contributed by atoms with Crippen LogP contribution >= 0.6 is 0 Å². The smallest absolute Gasteiger partial charge is 0.126 e. The average Bonchev–Trinajstić information content (AvgIpc) is 2.67. The van der Waals surface area contributed by atoms with E-state index in [1.165, 1.54) is 12.8 Å². The Hall–Kier alpha value is -0.990. The Balaban J connectivity index is 2.40. The second-order valence-electron chi connectivity index (χ2n) is 2.85. The predicted molar refractivity (Wildman–Crippen MR) is 39.6 cm³/mol. The van der Waals surface area contributed by atoms with E-state index in [0.717, 1.165) is 11.5 Å². The highest BCUT2D eigenvalue weighted by atomic mass is 15.2. The van der Waals surface area contributed by atoms with E-state index in [-0.39, 0.29) is 0 Å². The molecule has 3 heteroatoms. The summed E-state index contributed by atoms with van der Waals surface area (Å²) in [6.45, 7) is 1.94. The minimum atomic E-state index is 0.654. The molecule has 54 valence electrons. The van der Waals surface area contributed by atoms with Gasteiger partial charge in [0.15, 0.2) is 0 Å². The molecule has 0 amide bonds. The number of imidazole rings is 1. The summed E-state index contributed by atoms with van der Waals surface area (Å²) >= 11 is 0. The first-order chi connectivity index (χ1) is 4.79. The molecule has 10 heavy (non-hydrogen) atoms. The van der Waals surface area contributed by atoms with Gasteiger partial charge in [0.1, 0.15) is 5.82 Å². The minimum Gasteiger partial charge on any atom is -0.384 e. The van der Waals surface area contributed by atoms with Gasteiger partial charge in [-0.05, 0) is 19.8 Å². The van der Waals surface area contributed by atoms with Crippen LogP contribution in [0.2, 0.25) is 0 Å². The van der Waals surface area contributed by atoms with E-state index in [1.807, 2.05) is 13.3 Å². The van der Waals surface area contributed by atoms with Gasteiger partial charge in [0.25, 0.3) is 0 Å². The Labute approximate surface area is 59.9 Å². The average molecular weight is 137 g/mol. The summed E-state index contributed by atoms with van der Waals surface area (Å²) in [5.74, 6) is 0.836. The minimum absolute atomic E-state index is 0.654. The number of hydrogen-bond donors (Lipinski definition) is 1. The molecule has 0 bridgehead atoms. The number of nitrogens with two attached hydrogens (primary N) is 1. The fraction of sp³-hybridized carbons (Fsp3) is 0.571. The lowest BCUT2D eigenvalue weighted by atomic mass is 10.5. The number of aryl methyl sites for hydroxylation is 1. The van der Waals surface area contributed by atoms with Gasteiger partial charge in [0.2, 0.25) is 0 Å². The van der Waals surface area contributed by atoms with Crippen LogP contribution in [0.5, 0.6) is 0 Å². The molecule has 1 aromatic rings. The fourth-order valence-corrected chi connectivity index (χ4v) is 1.11. The molecule has 1 aliphatic carbocycles. The van der Waals surface area contributed by atoms with Gasteiger partial charge in [-0.3, -0.25) is 0 Å². The molecule has 2 N–H and O–H groups in total. The van der Waals surface area contributed by atoms with E-state index in [0.29, 0.717) is 6.04 Å². The molecule has 1 heterocycles. The molecule has 0 spiro atoms. The van der Waals surface area contributed by atoms with Gasteiger partial charge >= 0.3 is 0 Å². The number of hydrogen-bond acceptors (Lipinski definition) is 2. The first-order valence-electron chi connectivity index (χ1n) is 3.58. The largest absolute Gasteiger partial charge is 0.384 e. The highest BCUT2D eigenvalue weighted by Gasteiger charge is 2.25. The normalized spacial score (nSPS) is 17.7. The maximum absolute atomic E-state index is 5.74. The Morgan fingerprint density at radius 3 is 2.80 bits per heavy atom. The highest BCUT2D eigenvalue weighted by molar-refractivity contribution is 5.35. The third kappa shape index (κ3) is 0.701. The molecular formula is C7H11N3. The molecular weight excluding hydrogens is 126 g/mol. The van der Waals surface area contributed by atoms with Gasteiger partial charge in [-0.25, -0.2) is 4.98 Å². The van der Waals surface area contributed by atoms with E-state index in [1.54, 1.807) is 0 Å². The van der Waals surface area contributed by atoms with Gasteiger partial charge < -0.3 is 10.3 Å². The number of anilines is 1. The van der Waals surface area contributed by atoms with E-state index in [2.05, 4.69) is 9.55 Å². The zero-order valence-corrected chi connectivity index (χ0v) is 6.04. The second-order valence-corrected chi connectivity index (χ2v) is 2.85. The number of rotatable bonds is 1. The van der Waals surface area contributed by atoms with E-state index < -0.39 is 0 Å². The van der Waals surface area contributed by atoms with Crippen molar-refractivity contribution in [2.75, 3.05) is 5.73 Å². The van der Waals surface area contributed by atoms with Crippen molar-refractivity contribution < 1.29 is 0 Å². The summed E-state index contributed by atoms with van der Waals surface area (Å²) in [6.07, 6.45) is 4.36. The van der Waals surface area contributed by atoms with E-state index in [4.69, 9.17) is 5.73 Å². The summed E-state index contributed by atoms with van der Waals surface area (Å²) in [7, 11) is 0. The Morgan fingerprint density at radius 1 is 1.70 bits per heavy atom. The van der Waals surface area contributed by atoms with E-state index in [9.17, 15) is 0 Å². The third-order valence-electron chi connectivity index (χ3n) is 1.96. The van der Waals surface area contributed by atoms with Crippen LogP contribution < -0.4 is 5.73 Å². The summed E-state index contributed by atoms with van der Waals surface area (Å²) < 4.78 is 2.06. The molecule has 1 saturated carbocycles. The standard InChI is InChI=1S/C7H11N3/c1-5-7(8)10(4-9-5)6-2-3-6/h4,6H,2-3,8H2,1H3. The number of nitrogens with zero attached hydrogens (tertiary/aromatic N) is 2. The van der Waals surface area contributed by atoms with Crippen LogP contribution in [0.4, 0.5) is 5.82 Å². The van der Waals surface area contributed by atoms with Crippen molar-refractivity contribution in [2.45, 2.75) is 25.8 Å². The van der Waals surface area contributed by atoms with Crippen LogP contribution in [-0.4, -0.2) is 9.55 Å². The molecule has 3 nitrogen and oxygen atoms in total. The lowest BCUT2D eigenvalue weighted by Gasteiger charge is -1.99. The Bertz CT molecular complexity index is 247. The second kappa shape index (κ2) is 1.75. The SMILES string of the molecule is Cc1ncn(C2CC2)c1N. The van der Waals surface area contributed by atoms with Crippen molar-refractivity contribution in [3.8, 4) is 0 Å². The number of nitrogen functional groups attached to an aromatic ring is 1. The summed E-state index contributed by atoms with van der Waals surface area (Å²) in [6, 6.07) is 0.654. The van der Waals surface area contributed by atoms with Gasteiger partial charge in [-0.2, -0.15) is 0 Å². The molecule has 2 rings (SSSR count). The molecule has 0 unspecified atom stereocenters. The lowest BCUT2D eigenvalue weighted by Crippen LogP contribution is -1.98. The van der Waals surface area contributed by atoms with Crippen molar-refractivity contribution in [3.63, 3.8) is 0 Å². The van der Waals surface area contributed by atoms with Crippen LogP contribution in [0.25, 0.3) is 0 Å². The lowest BCUT2D eigenvalue weighted by molar-refractivity contribution is 0.750. The zero-order valence-electron chi connectivity index (χ0n) is 6.04. The molecule has 1 fully saturated rings. The third-order valence-corrected chi connectivity index (χ3v) is 1.96. The maximum atomic E-state index is 5.74. The van der Waals surface area contributed by atoms with Crippen molar-refractivity contribution in [2.24, 2.45) is 0 Å². The van der Waals surface area contributed by atoms with Crippen LogP contribution in [0.1, 0.15) is 24.6 Å². The number of aromatic nitrogens is 2.